The van der Waals surface area contributed by atoms with E-state index >= 15 is 0 Å². The quantitative estimate of drug-likeness (QED) is 0.731. The van der Waals surface area contributed by atoms with Gasteiger partial charge in [-0.15, -0.1) is 0 Å². The van der Waals surface area contributed by atoms with Gasteiger partial charge in [0.05, 0.1) is 6.10 Å². The standard InChI is InChI=1S/C15H25NO/c1-5-10-16-11-9-13(3)17-15-8-6-7-12(2)14(15)4/h6-8,13,16H,5,9-11H2,1-4H3. The van der Waals surface area contributed by atoms with Crippen LogP contribution in [0.1, 0.15) is 37.8 Å². The van der Waals surface area contributed by atoms with Crippen molar-refractivity contribution in [3.05, 3.63) is 29.3 Å². The fraction of sp³-hybridized carbons (Fsp3) is 0.600. The van der Waals surface area contributed by atoms with Gasteiger partial charge in [0, 0.05) is 0 Å². The van der Waals surface area contributed by atoms with Gasteiger partial charge < -0.3 is 10.1 Å². The van der Waals surface area contributed by atoms with Gasteiger partial charge in [0.25, 0.3) is 0 Å². The summed E-state index contributed by atoms with van der Waals surface area (Å²) in [5.74, 6) is 1.02. The molecular weight excluding hydrogens is 210 g/mol. The van der Waals surface area contributed by atoms with Crippen molar-refractivity contribution in [3.63, 3.8) is 0 Å². The molecule has 1 atom stereocenters. The fourth-order valence-corrected chi connectivity index (χ4v) is 1.73. The third kappa shape index (κ3) is 4.78. The maximum absolute atomic E-state index is 5.97. The van der Waals surface area contributed by atoms with Crippen molar-refractivity contribution in [1.82, 2.24) is 5.32 Å². The van der Waals surface area contributed by atoms with Crippen molar-refractivity contribution in [2.45, 2.75) is 46.6 Å². The molecule has 17 heavy (non-hydrogen) atoms. The van der Waals surface area contributed by atoms with Gasteiger partial charge in [-0.1, -0.05) is 19.1 Å². The molecule has 0 saturated carbocycles. The lowest BCUT2D eigenvalue weighted by atomic mass is 10.1. The molecule has 96 valence electrons. The summed E-state index contributed by atoms with van der Waals surface area (Å²) in [5.41, 5.74) is 2.54. The van der Waals surface area contributed by atoms with Crippen LogP contribution in [-0.2, 0) is 0 Å². The number of benzene rings is 1. The van der Waals surface area contributed by atoms with Crippen LogP contribution in [0.2, 0.25) is 0 Å². The summed E-state index contributed by atoms with van der Waals surface area (Å²) in [4.78, 5) is 0. The van der Waals surface area contributed by atoms with Crippen LogP contribution in [0.4, 0.5) is 0 Å². The van der Waals surface area contributed by atoms with E-state index in [4.69, 9.17) is 4.74 Å². The molecule has 0 radical (unpaired) electrons. The first-order chi connectivity index (χ1) is 8.15. The van der Waals surface area contributed by atoms with E-state index in [0.717, 1.165) is 25.3 Å². The van der Waals surface area contributed by atoms with Crippen molar-refractivity contribution in [1.29, 1.82) is 0 Å². The second-order valence-corrected chi connectivity index (χ2v) is 4.67. The van der Waals surface area contributed by atoms with Crippen molar-refractivity contribution in [2.75, 3.05) is 13.1 Å². The van der Waals surface area contributed by atoms with Crippen LogP contribution in [0.15, 0.2) is 18.2 Å². The Morgan fingerprint density at radius 1 is 1.24 bits per heavy atom. The summed E-state index contributed by atoms with van der Waals surface area (Å²) >= 11 is 0. The minimum absolute atomic E-state index is 0.264. The third-order valence-corrected chi connectivity index (χ3v) is 3.04. The van der Waals surface area contributed by atoms with Crippen molar-refractivity contribution < 1.29 is 4.74 Å². The Morgan fingerprint density at radius 3 is 2.71 bits per heavy atom. The monoisotopic (exact) mass is 235 g/mol. The normalized spacial score (nSPS) is 12.5. The zero-order chi connectivity index (χ0) is 12.7. The molecule has 0 fully saturated rings. The Labute approximate surface area is 105 Å². The first-order valence-corrected chi connectivity index (χ1v) is 6.58. The van der Waals surface area contributed by atoms with Crippen LogP contribution in [-0.4, -0.2) is 19.2 Å². The molecule has 0 aliphatic rings. The Hall–Kier alpha value is -1.02. The molecule has 0 aromatic heterocycles. The average Bonchev–Trinajstić information content (AvgIpc) is 2.31. The molecule has 0 aliphatic heterocycles. The van der Waals surface area contributed by atoms with Crippen LogP contribution < -0.4 is 10.1 Å². The summed E-state index contributed by atoms with van der Waals surface area (Å²) in [7, 11) is 0. The topological polar surface area (TPSA) is 21.3 Å². The maximum Gasteiger partial charge on any atom is 0.122 e. The van der Waals surface area contributed by atoms with E-state index in [2.05, 4.69) is 51.2 Å². The number of nitrogens with one attached hydrogen (secondary N) is 1. The highest BCUT2D eigenvalue weighted by Crippen LogP contribution is 2.22. The highest BCUT2D eigenvalue weighted by molar-refractivity contribution is 5.38. The summed E-state index contributed by atoms with van der Waals surface area (Å²) in [6, 6.07) is 6.23. The van der Waals surface area contributed by atoms with Crippen LogP contribution in [0.5, 0.6) is 5.75 Å². The third-order valence-electron chi connectivity index (χ3n) is 3.04. The molecule has 1 aromatic rings. The first kappa shape index (κ1) is 14.0. The zero-order valence-corrected chi connectivity index (χ0v) is 11.5. The second kappa shape index (κ2) is 7.33. The van der Waals surface area contributed by atoms with E-state index < -0.39 is 0 Å². The molecular formula is C15H25NO. The fourth-order valence-electron chi connectivity index (χ4n) is 1.73. The van der Waals surface area contributed by atoms with Gasteiger partial charge in [0.1, 0.15) is 5.75 Å². The van der Waals surface area contributed by atoms with Gasteiger partial charge in [0.2, 0.25) is 0 Å². The Bertz CT molecular complexity index is 336. The van der Waals surface area contributed by atoms with Gasteiger partial charge in [-0.05, 0) is 63.9 Å². The van der Waals surface area contributed by atoms with Crippen molar-refractivity contribution in [3.8, 4) is 5.75 Å². The Balaban J connectivity index is 2.39. The molecule has 2 heteroatoms. The van der Waals surface area contributed by atoms with E-state index in [1.165, 1.54) is 17.5 Å². The molecule has 1 unspecified atom stereocenters. The second-order valence-electron chi connectivity index (χ2n) is 4.67. The summed E-state index contributed by atoms with van der Waals surface area (Å²) in [6.07, 6.45) is 2.50. The predicted octanol–water partition coefficient (Wildman–Crippen LogP) is 3.46. The summed E-state index contributed by atoms with van der Waals surface area (Å²) in [5, 5.41) is 3.40. The minimum atomic E-state index is 0.264. The van der Waals surface area contributed by atoms with E-state index in [1.54, 1.807) is 0 Å². The van der Waals surface area contributed by atoms with E-state index in [1.807, 2.05) is 0 Å². The van der Waals surface area contributed by atoms with Crippen molar-refractivity contribution >= 4 is 0 Å². The molecule has 0 saturated heterocycles. The lowest BCUT2D eigenvalue weighted by Crippen LogP contribution is -2.23. The molecule has 0 bridgehead atoms. The first-order valence-electron chi connectivity index (χ1n) is 6.58. The summed E-state index contributed by atoms with van der Waals surface area (Å²) < 4.78 is 5.97. The number of hydrogen-bond donors (Lipinski definition) is 1. The van der Waals surface area contributed by atoms with Crippen molar-refractivity contribution in [2.24, 2.45) is 0 Å². The molecule has 2 nitrogen and oxygen atoms in total. The molecule has 1 rings (SSSR count). The molecule has 0 aliphatic carbocycles. The molecule has 1 aromatic carbocycles. The smallest absolute Gasteiger partial charge is 0.122 e. The number of ether oxygens (including phenoxy) is 1. The largest absolute Gasteiger partial charge is 0.490 e. The summed E-state index contributed by atoms with van der Waals surface area (Å²) in [6.45, 7) is 10.7. The maximum atomic E-state index is 5.97. The highest BCUT2D eigenvalue weighted by atomic mass is 16.5. The molecule has 0 heterocycles. The van der Waals surface area contributed by atoms with E-state index in [9.17, 15) is 0 Å². The van der Waals surface area contributed by atoms with Gasteiger partial charge in [-0.3, -0.25) is 0 Å². The Morgan fingerprint density at radius 2 is 2.00 bits per heavy atom. The minimum Gasteiger partial charge on any atom is -0.490 e. The van der Waals surface area contributed by atoms with Crippen LogP contribution in [0.25, 0.3) is 0 Å². The van der Waals surface area contributed by atoms with Gasteiger partial charge >= 0.3 is 0 Å². The average molecular weight is 235 g/mol. The van der Waals surface area contributed by atoms with E-state index in [-0.39, 0.29) is 6.10 Å². The van der Waals surface area contributed by atoms with Gasteiger partial charge in [-0.25, -0.2) is 0 Å². The van der Waals surface area contributed by atoms with Crippen LogP contribution >= 0.6 is 0 Å². The Kier molecular flexibility index (Phi) is 6.06. The number of aryl methyl sites for hydroxylation is 1. The van der Waals surface area contributed by atoms with E-state index in [0.29, 0.717) is 0 Å². The number of hydrogen-bond acceptors (Lipinski definition) is 2. The lowest BCUT2D eigenvalue weighted by Gasteiger charge is -2.17. The molecule has 1 N–H and O–H groups in total. The van der Waals surface area contributed by atoms with Crippen LogP contribution in [0, 0.1) is 13.8 Å². The van der Waals surface area contributed by atoms with Gasteiger partial charge in [-0.2, -0.15) is 0 Å². The molecule has 0 spiro atoms. The predicted molar refractivity (Wildman–Crippen MR) is 73.8 cm³/mol. The highest BCUT2D eigenvalue weighted by Gasteiger charge is 2.06. The zero-order valence-electron chi connectivity index (χ0n) is 11.5. The SMILES string of the molecule is CCCNCCC(C)Oc1cccc(C)c1C. The van der Waals surface area contributed by atoms with Gasteiger partial charge in [0.15, 0.2) is 0 Å². The lowest BCUT2D eigenvalue weighted by molar-refractivity contribution is 0.208. The molecule has 0 amide bonds. The number of rotatable bonds is 7. The van der Waals surface area contributed by atoms with Crippen LogP contribution in [0.3, 0.4) is 0 Å².